The molecule has 0 unspecified atom stereocenters. The van der Waals surface area contributed by atoms with Crippen molar-refractivity contribution in [2.24, 2.45) is 0 Å². The minimum atomic E-state index is -3.88. The molecule has 3 rings (SSSR count). The standard InChI is InChI=1S/C19H21FN2O7S/c1-26-16-8-13(9-17(27-2)18(16)28-3)22-11-14(29-19(22)23)10-21-30(24,25)15-6-4-12(20)5-7-15/h4-9,14,21H,10-11H2,1-3H3/t14-/m0/s1. The summed E-state index contributed by atoms with van der Waals surface area (Å²) >= 11 is 0. The van der Waals surface area contributed by atoms with Gasteiger partial charge < -0.3 is 18.9 Å². The number of hydrogen-bond donors (Lipinski definition) is 1. The van der Waals surface area contributed by atoms with Crippen molar-refractivity contribution < 1.29 is 36.6 Å². The summed E-state index contributed by atoms with van der Waals surface area (Å²) in [6, 6.07) is 7.59. The van der Waals surface area contributed by atoms with Crippen molar-refractivity contribution in [1.29, 1.82) is 0 Å². The number of nitrogens with zero attached hydrogens (tertiary/aromatic N) is 1. The number of hydrogen-bond acceptors (Lipinski definition) is 7. The fourth-order valence-electron chi connectivity index (χ4n) is 2.96. The number of amides is 1. The normalized spacial score (nSPS) is 16.3. The van der Waals surface area contributed by atoms with Crippen LogP contribution in [0, 0.1) is 5.82 Å². The summed E-state index contributed by atoms with van der Waals surface area (Å²) < 4.78 is 61.2. The third kappa shape index (κ3) is 4.41. The van der Waals surface area contributed by atoms with E-state index in [1.54, 1.807) is 12.1 Å². The first-order valence-electron chi connectivity index (χ1n) is 8.82. The van der Waals surface area contributed by atoms with Gasteiger partial charge in [0.2, 0.25) is 15.8 Å². The third-order valence-corrected chi connectivity index (χ3v) is 5.90. The first-order valence-corrected chi connectivity index (χ1v) is 10.3. The highest BCUT2D eigenvalue weighted by Crippen LogP contribution is 2.41. The lowest BCUT2D eigenvalue weighted by molar-refractivity contribution is 0.143. The lowest BCUT2D eigenvalue weighted by Gasteiger charge is -2.18. The molecule has 2 aromatic carbocycles. The van der Waals surface area contributed by atoms with Gasteiger partial charge in [-0.05, 0) is 24.3 Å². The van der Waals surface area contributed by atoms with Crippen molar-refractivity contribution in [3.05, 3.63) is 42.2 Å². The number of carbonyl (C=O) groups is 1. The molecule has 0 aromatic heterocycles. The number of benzene rings is 2. The molecule has 0 radical (unpaired) electrons. The number of rotatable bonds is 8. The van der Waals surface area contributed by atoms with Gasteiger partial charge in [0.1, 0.15) is 11.9 Å². The maximum atomic E-state index is 13.0. The van der Waals surface area contributed by atoms with Crippen molar-refractivity contribution in [2.45, 2.75) is 11.0 Å². The molecule has 1 aliphatic rings. The highest BCUT2D eigenvalue weighted by molar-refractivity contribution is 7.89. The lowest BCUT2D eigenvalue weighted by Crippen LogP contribution is -2.34. The van der Waals surface area contributed by atoms with E-state index in [2.05, 4.69) is 4.72 Å². The van der Waals surface area contributed by atoms with Gasteiger partial charge in [-0.2, -0.15) is 0 Å². The predicted octanol–water partition coefficient (Wildman–Crippen LogP) is 2.16. The van der Waals surface area contributed by atoms with Gasteiger partial charge in [0.15, 0.2) is 11.5 Å². The van der Waals surface area contributed by atoms with Crippen LogP contribution in [0.3, 0.4) is 0 Å². The Morgan fingerprint density at radius 2 is 1.70 bits per heavy atom. The minimum absolute atomic E-state index is 0.0882. The maximum Gasteiger partial charge on any atom is 0.414 e. The van der Waals surface area contributed by atoms with E-state index in [0.29, 0.717) is 22.9 Å². The van der Waals surface area contributed by atoms with E-state index in [9.17, 15) is 17.6 Å². The first kappa shape index (κ1) is 21.7. The summed E-state index contributed by atoms with van der Waals surface area (Å²) in [5, 5.41) is 0. The van der Waals surface area contributed by atoms with Crippen LogP contribution in [0.2, 0.25) is 0 Å². The number of halogens is 1. The zero-order valence-corrected chi connectivity index (χ0v) is 17.4. The fourth-order valence-corrected chi connectivity index (χ4v) is 4.03. The molecule has 0 aliphatic carbocycles. The smallest absolute Gasteiger partial charge is 0.414 e. The third-order valence-electron chi connectivity index (χ3n) is 4.46. The number of methoxy groups -OCH3 is 3. The van der Waals surface area contributed by atoms with Crippen LogP contribution in [0.1, 0.15) is 0 Å². The van der Waals surface area contributed by atoms with E-state index in [4.69, 9.17) is 18.9 Å². The molecule has 162 valence electrons. The molecule has 9 nitrogen and oxygen atoms in total. The van der Waals surface area contributed by atoms with Crippen LogP contribution in [-0.4, -0.2) is 55.0 Å². The SMILES string of the molecule is COc1cc(N2C[C@H](CNS(=O)(=O)c3ccc(F)cc3)OC2=O)cc(OC)c1OC. The molecule has 0 saturated carbocycles. The van der Waals surface area contributed by atoms with Crippen LogP contribution in [-0.2, 0) is 14.8 Å². The Morgan fingerprint density at radius 3 is 2.23 bits per heavy atom. The zero-order valence-electron chi connectivity index (χ0n) is 16.5. The molecule has 0 bridgehead atoms. The van der Waals surface area contributed by atoms with Crippen LogP contribution < -0.4 is 23.8 Å². The molecular formula is C19H21FN2O7S. The van der Waals surface area contributed by atoms with Crippen molar-refractivity contribution in [1.82, 2.24) is 4.72 Å². The monoisotopic (exact) mass is 440 g/mol. The average Bonchev–Trinajstić information content (AvgIpc) is 3.12. The second kappa shape index (κ2) is 8.76. The summed E-state index contributed by atoms with van der Waals surface area (Å²) in [7, 11) is 0.498. The van der Waals surface area contributed by atoms with Gasteiger partial charge >= 0.3 is 6.09 Å². The van der Waals surface area contributed by atoms with Gasteiger partial charge in [0.25, 0.3) is 0 Å². The molecule has 1 heterocycles. The number of cyclic esters (lactones) is 1. The zero-order chi connectivity index (χ0) is 21.9. The molecule has 30 heavy (non-hydrogen) atoms. The van der Waals surface area contributed by atoms with Crippen molar-refractivity contribution >= 4 is 21.8 Å². The Kier molecular flexibility index (Phi) is 6.32. The summed E-state index contributed by atoms with van der Waals surface area (Å²) in [4.78, 5) is 13.6. The van der Waals surface area contributed by atoms with Crippen molar-refractivity contribution in [3.63, 3.8) is 0 Å². The Labute approximate surface area is 173 Å². The number of anilines is 1. The molecule has 1 N–H and O–H groups in total. The second-order valence-electron chi connectivity index (χ2n) is 6.31. The number of ether oxygens (including phenoxy) is 4. The van der Waals surface area contributed by atoms with E-state index < -0.39 is 28.0 Å². The van der Waals surface area contributed by atoms with Crippen molar-refractivity contribution in [2.75, 3.05) is 39.3 Å². The molecule has 1 amide bonds. The summed E-state index contributed by atoms with van der Waals surface area (Å²) in [6.07, 6.45) is -1.37. The van der Waals surface area contributed by atoms with E-state index in [1.807, 2.05) is 0 Å². The summed E-state index contributed by atoms with van der Waals surface area (Å²) in [5.74, 6) is 0.555. The van der Waals surface area contributed by atoms with Gasteiger partial charge in [0, 0.05) is 18.7 Å². The molecule has 1 atom stereocenters. The van der Waals surface area contributed by atoms with Crippen molar-refractivity contribution in [3.8, 4) is 17.2 Å². The molecular weight excluding hydrogens is 419 g/mol. The van der Waals surface area contributed by atoms with Gasteiger partial charge in [0.05, 0.1) is 38.5 Å². The maximum absolute atomic E-state index is 13.0. The van der Waals surface area contributed by atoms with Gasteiger partial charge in [-0.15, -0.1) is 0 Å². The van der Waals surface area contributed by atoms with Crippen LogP contribution in [0.25, 0.3) is 0 Å². The topological polar surface area (TPSA) is 103 Å². The molecule has 1 saturated heterocycles. The number of nitrogens with one attached hydrogen (secondary N) is 1. The quantitative estimate of drug-likeness (QED) is 0.671. The molecule has 1 fully saturated rings. The Balaban J connectivity index is 1.73. The highest BCUT2D eigenvalue weighted by atomic mass is 32.2. The van der Waals surface area contributed by atoms with Crippen LogP contribution in [0.4, 0.5) is 14.9 Å². The van der Waals surface area contributed by atoms with E-state index >= 15 is 0 Å². The van der Waals surface area contributed by atoms with Crippen LogP contribution >= 0.6 is 0 Å². The largest absolute Gasteiger partial charge is 0.493 e. The molecule has 2 aromatic rings. The van der Waals surface area contributed by atoms with Gasteiger partial charge in [-0.1, -0.05) is 0 Å². The second-order valence-corrected chi connectivity index (χ2v) is 8.07. The number of carbonyl (C=O) groups excluding carboxylic acids is 1. The highest BCUT2D eigenvalue weighted by Gasteiger charge is 2.34. The summed E-state index contributed by atoms with van der Waals surface area (Å²) in [5.41, 5.74) is 0.443. The minimum Gasteiger partial charge on any atom is -0.493 e. The van der Waals surface area contributed by atoms with Crippen LogP contribution in [0.15, 0.2) is 41.3 Å². The molecule has 0 spiro atoms. The lowest BCUT2D eigenvalue weighted by atomic mass is 10.2. The Hall–Kier alpha value is -3.05. The van der Waals surface area contributed by atoms with E-state index in [-0.39, 0.29) is 18.0 Å². The van der Waals surface area contributed by atoms with Crippen LogP contribution in [0.5, 0.6) is 17.2 Å². The molecule has 11 heteroatoms. The Morgan fingerprint density at radius 1 is 1.10 bits per heavy atom. The Bertz CT molecular complexity index is 1000. The predicted molar refractivity (Wildman–Crippen MR) is 105 cm³/mol. The first-order chi connectivity index (χ1) is 14.3. The fraction of sp³-hybridized carbons (Fsp3) is 0.316. The van der Waals surface area contributed by atoms with Gasteiger partial charge in [-0.25, -0.2) is 22.3 Å². The van der Waals surface area contributed by atoms with Gasteiger partial charge in [-0.3, -0.25) is 4.90 Å². The molecule has 1 aliphatic heterocycles. The summed E-state index contributed by atoms with van der Waals surface area (Å²) in [6.45, 7) is -0.0459. The van der Waals surface area contributed by atoms with E-state index in [1.165, 1.54) is 26.2 Å². The number of sulfonamides is 1. The van der Waals surface area contributed by atoms with E-state index in [0.717, 1.165) is 24.3 Å². The average molecular weight is 440 g/mol.